The van der Waals surface area contributed by atoms with E-state index in [1.54, 1.807) is 0 Å². The summed E-state index contributed by atoms with van der Waals surface area (Å²) >= 11 is 0. The minimum Gasteiger partial charge on any atom is -0.444 e. The number of ether oxygens (including phenoxy) is 1. The van der Waals surface area contributed by atoms with Gasteiger partial charge in [0, 0.05) is 18.3 Å². The first-order valence-corrected chi connectivity index (χ1v) is 8.18. The van der Waals surface area contributed by atoms with E-state index in [0.29, 0.717) is 0 Å². The summed E-state index contributed by atoms with van der Waals surface area (Å²) < 4.78 is 5.57. The minimum atomic E-state index is -0.449. The molecule has 4 heteroatoms. The Bertz CT molecular complexity index is 482. The van der Waals surface area contributed by atoms with Gasteiger partial charge in [0.1, 0.15) is 5.60 Å². The number of carbonyl (C=O) groups is 1. The van der Waals surface area contributed by atoms with Crippen LogP contribution < -0.4 is 5.32 Å². The number of likely N-dealkylation sites (tertiary alicyclic amines) is 1. The number of hydrogen-bond acceptors (Lipinski definition) is 3. The molecule has 1 N–H and O–H groups in total. The van der Waals surface area contributed by atoms with Gasteiger partial charge in [0.15, 0.2) is 0 Å². The number of nitrogens with zero attached hydrogens (tertiary/aromatic N) is 1. The number of para-hydroxylation sites is 1. The maximum atomic E-state index is 12.5. The Hall–Kier alpha value is -1.71. The highest BCUT2D eigenvalue weighted by atomic mass is 16.6. The molecule has 0 radical (unpaired) electrons. The van der Waals surface area contributed by atoms with Crippen LogP contribution in [0.3, 0.4) is 0 Å². The summed E-state index contributed by atoms with van der Waals surface area (Å²) in [7, 11) is 0. The van der Waals surface area contributed by atoms with Crippen LogP contribution in [0.25, 0.3) is 0 Å². The lowest BCUT2D eigenvalue weighted by Gasteiger charge is -2.40. The van der Waals surface area contributed by atoms with Crippen LogP contribution in [-0.2, 0) is 4.74 Å². The second-order valence-electron chi connectivity index (χ2n) is 7.04. The van der Waals surface area contributed by atoms with Crippen LogP contribution in [-0.4, -0.2) is 35.2 Å². The van der Waals surface area contributed by atoms with Gasteiger partial charge in [-0.25, -0.2) is 4.79 Å². The van der Waals surface area contributed by atoms with E-state index >= 15 is 0 Å². The van der Waals surface area contributed by atoms with Crippen molar-refractivity contribution in [1.82, 2.24) is 4.90 Å². The number of anilines is 1. The molecule has 0 aliphatic carbocycles. The van der Waals surface area contributed by atoms with Gasteiger partial charge in [-0.2, -0.15) is 0 Å². The van der Waals surface area contributed by atoms with E-state index in [4.69, 9.17) is 4.74 Å². The summed E-state index contributed by atoms with van der Waals surface area (Å²) in [5.41, 5.74) is 0.638. The summed E-state index contributed by atoms with van der Waals surface area (Å²) in [6.45, 7) is 8.65. The predicted molar refractivity (Wildman–Crippen MR) is 90.1 cm³/mol. The molecule has 1 aliphatic rings. The summed E-state index contributed by atoms with van der Waals surface area (Å²) in [5, 5.41) is 3.51. The Balaban J connectivity index is 2.04. The highest BCUT2D eigenvalue weighted by Gasteiger charge is 2.33. The lowest BCUT2D eigenvalue weighted by molar-refractivity contribution is 0.00813. The van der Waals surface area contributed by atoms with Crippen molar-refractivity contribution in [3.63, 3.8) is 0 Å². The van der Waals surface area contributed by atoms with Crippen molar-refractivity contribution < 1.29 is 9.53 Å². The number of carbonyl (C=O) groups excluding carboxylic acids is 1. The lowest BCUT2D eigenvalue weighted by atomic mass is 9.96. The van der Waals surface area contributed by atoms with Crippen LogP contribution in [0.4, 0.5) is 10.5 Å². The molecular formula is C18H28N2O2. The third-order valence-electron chi connectivity index (χ3n) is 3.92. The number of hydrogen-bond donors (Lipinski definition) is 1. The van der Waals surface area contributed by atoms with Crippen LogP contribution >= 0.6 is 0 Å². The average Bonchev–Trinajstić information content (AvgIpc) is 2.46. The van der Waals surface area contributed by atoms with E-state index in [1.165, 1.54) is 0 Å². The van der Waals surface area contributed by atoms with Gasteiger partial charge in [-0.3, -0.25) is 0 Å². The Morgan fingerprint density at radius 2 is 1.95 bits per heavy atom. The van der Waals surface area contributed by atoms with Crippen molar-refractivity contribution >= 4 is 11.8 Å². The Kier molecular flexibility index (Phi) is 5.33. The lowest BCUT2D eigenvalue weighted by Crippen LogP contribution is -2.52. The van der Waals surface area contributed by atoms with Crippen molar-refractivity contribution in [3.05, 3.63) is 30.3 Å². The number of benzene rings is 1. The van der Waals surface area contributed by atoms with Gasteiger partial charge in [0.2, 0.25) is 0 Å². The molecular weight excluding hydrogens is 276 g/mol. The number of nitrogens with one attached hydrogen (secondary N) is 1. The molecule has 0 aromatic heterocycles. The Morgan fingerprint density at radius 1 is 1.27 bits per heavy atom. The molecule has 0 saturated carbocycles. The molecule has 1 heterocycles. The normalized spacial score (nSPS) is 20.4. The molecule has 1 aromatic carbocycles. The van der Waals surface area contributed by atoms with Crippen LogP contribution in [0.15, 0.2) is 30.3 Å². The van der Waals surface area contributed by atoms with Gasteiger partial charge in [-0.05, 0) is 59.1 Å². The fourth-order valence-corrected chi connectivity index (χ4v) is 2.92. The van der Waals surface area contributed by atoms with E-state index < -0.39 is 5.60 Å². The second-order valence-corrected chi connectivity index (χ2v) is 7.04. The molecule has 22 heavy (non-hydrogen) atoms. The zero-order chi connectivity index (χ0) is 16.2. The third-order valence-corrected chi connectivity index (χ3v) is 3.92. The van der Waals surface area contributed by atoms with E-state index in [0.717, 1.165) is 31.5 Å². The molecule has 2 atom stereocenters. The number of amides is 1. The average molecular weight is 304 g/mol. The Morgan fingerprint density at radius 3 is 2.59 bits per heavy atom. The van der Waals surface area contributed by atoms with E-state index in [1.807, 2.05) is 43.9 Å². The maximum absolute atomic E-state index is 12.5. The summed E-state index contributed by atoms with van der Waals surface area (Å²) in [5.74, 6) is 0. The zero-order valence-corrected chi connectivity index (χ0v) is 14.1. The summed E-state index contributed by atoms with van der Waals surface area (Å²) in [4.78, 5) is 14.4. The number of piperidine rings is 1. The third kappa shape index (κ3) is 4.65. The predicted octanol–water partition coefficient (Wildman–Crippen LogP) is 4.28. The van der Waals surface area contributed by atoms with Gasteiger partial charge in [-0.15, -0.1) is 0 Å². The van der Waals surface area contributed by atoms with E-state index in [-0.39, 0.29) is 18.2 Å². The fourth-order valence-electron chi connectivity index (χ4n) is 2.92. The SMILES string of the molecule is C[C@H](Nc1ccccc1)[C@@H]1CCCCN1C(=O)OC(C)(C)C. The fraction of sp³-hybridized carbons (Fsp3) is 0.611. The molecule has 2 rings (SSSR count). The van der Waals surface area contributed by atoms with Crippen molar-refractivity contribution in [2.75, 3.05) is 11.9 Å². The van der Waals surface area contributed by atoms with E-state index in [9.17, 15) is 4.79 Å². The van der Waals surface area contributed by atoms with Crippen LogP contribution in [0, 0.1) is 0 Å². The first kappa shape index (κ1) is 16.7. The molecule has 1 saturated heterocycles. The molecule has 1 aromatic rings. The summed E-state index contributed by atoms with van der Waals surface area (Å²) in [6, 6.07) is 10.5. The molecule has 1 fully saturated rings. The van der Waals surface area contributed by atoms with Gasteiger partial charge < -0.3 is 15.0 Å². The molecule has 0 spiro atoms. The first-order valence-electron chi connectivity index (χ1n) is 8.18. The van der Waals surface area contributed by atoms with Crippen LogP contribution in [0.2, 0.25) is 0 Å². The quantitative estimate of drug-likeness (QED) is 0.906. The van der Waals surface area contributed by atoms with Crippen LogP contribution in [0.5, 0.6) is 0 Å². The molecule has 4 nitrogen and oxygen atoms in total. The van der Waals surface area contributed by atoms with Gasteiger partial charge >= 0.3 is 6.09 Å². The summed E-state index contributed by atoms with van der Waals surface area (Å²) in [6.07, 6.45) is 3.03. The van der Waals surface area contributed by atoms with Crippen molar-refractivity contribution in [2.24, 2.45) is 0 Å². The standard InChI is InChI=1S/C18H28N2O2/c1-14(19-15-10-6-5-7-11-15)16-12-8-9-13-20(16)17(21)22-18(2,3)4/h5-7,10-11,14,16,19H,8-9,12-13H2,1-4H3/t14-,16-/m0/s1. The highest BCUT2D eigenvalue weighted by Crippen LogP contribution is 2.24. The minimum absolute atomic E-state index is 0.170. The van der Waals surface area contributed by atoms with E-state index in [2.05, 4.69) is 24.4 Å². The van der Waals surface area contributed by atoms with Gasteiger partial charge in [0.05, 0.1) is 6.04 Å². The number of rotatable bonds is 3. The largest absolute Gasteiger partial charge is 0.444 e. The smallest absolute Gasteiger partial charge is 0.410 e. The van der Waals surface area contributed by atoms with Crippen molar-refractivity contribution in [1.29, 1.82) is 0 Å². The monoisotopic (exact) mass is 304 g/mol. The molecule has 0 bridgehead atoms. The molecule has 1 aliphatic heterocycles. The van der Waals surface area contributed by atoms with Gasteiger partial charge in [0.25, 0.3) is 0 Å². The first-order chi connectivity index (χ1) is 10.4. The maximum Gasteiger partial charge on any atom is 0.410 e. The Labute approximate surface area is 133 Å². The molecule has 1 amide bonds. The molecule has 0 unspecified atom stereocenters. The topological polar surface area (TPSA) is 41.6 Å². The van der Waals surface area contributed by atoms with Crippen LogP contribution in [0.1, 0.15) is 47.0 Å². The molecule has 122 valence electrons. The van der Waals surface area contributed by atoms with Crippen molar-refractivity contribution in [2.45, 2.75) is 64.6 Å². The van der Waals surface area contributed by atoms with Gasteiger partial charge in [-0.1, -0.05) is 18.2 Å². The van der Waals surface area contributed by atoms with Crippen molar-refractivity contribution in [3.8, 4) is 0 Å². The second kappa shape index (κ2) is 7.03. The zero-order valence-electron chi connectivity index (χ0n) is 14.1. The highest BCUT2D eigenvalue weighted by molar-refractivity contribution is 5.69.